The van der Waals surface area contributed by atoms with Crippen LogP contribution in [0.5, 0.6) is 0 Å². The summed E-state index contributed by atoms with van der Waals surface area (Å²) in [5, 5.41) is 7.85. The first-order valence-corrected chi connectivity index (χ1v) is 17.4. The largest absolute Gasteiger partial charge is 0.309 e. The summed E-state index contributed by atoms with van der Waals surface area (Å²) in [5.74, 6) is 0. The van der Waals surface area contributed by atoms with E-state index < -0.39 is 0 Å². The van der Waals surface area contributed by atoms with E-state index in [0.717, 1.165) is 12.8 Å². The van der Waals surface area contributed by atoms with Crippen molar-refractivity contribution in [2.24, 2.45) is 0 Å². The Balaban J connectivity index is 1.45. The SMILES string of the molecule is CCCCc1ccc2c(c1)c1cc(CCCC)ccc1n2-c1ccc2c(-c3ccccc3)c3ccccc3c(-c3ccccc3)c2c1. The fourth-order valence-corrected chi connectivity index (χ4v) is 7.61. The lowest BCUT2D eigenvalue weighted by Gasteiger charge is -2.19. The second-order valence-electron chi connectivity index (χ2n) is 13.0. The van der Waals surface area contributed by atoms with E-state index in [0.29, 0.717) is 0 Å². The average molecular weight is 608 g/mol. The maximum Gasteiger partial charge on any atom is 0.0541 e. The van der Waals surface area contributed by atoms with Crippen LogP contribution in [0, 0.1) is 0 Å². The molecule has 0 N–H and O–H groups in total. The minimum absolute atomic E-state index is 1.13. The van der Waals surface area contributed by atoms with E-state index in [1.807, 2.05) is 0 Å². The fourth-order valence-electron chi connectivity index (χ4n) is 7.61. The highest BCUT2D eigenvalue weighted by Gasteiger charge is 2.19. The molecular formula is C46H41N. The number of hydrogen-bond acceptors (Lipinski definition) is 0. The molecule has 7 aromatic carbocycles. The molecule has 0 aliphatic carbocycles. The third-order valence-electron chi connectivity index (χ3n) is 9.92. The summed E-state index contributed by atoms with van der Waals surface area (Å²) >= 11 is 0. The lowest BCUT2D eigenvalue weighted by atomic mass is 9.86. The summed E-state index contributed by atoms with van der Waals surface area (Å²) in [7, 11) is 0. The van der Waals surface area contributed by atoms with Crippen molar-refractivity contribution in [1.82, 2.24) is 4.57 Å². The third-order valence-corrected chi connectivity index (χ3v) is 9.92. The number of fused-ring (bicyclic) bond motifs is 5. The Labute approximate surface area is 278 Å². The van der Waals surface area contributed by atoms with Crippen LogP contribution in [-0.4, -0.2) is 4.57 Å². The molecule has 0 aliphatic rings. The highest BCUT2D eigenvalue weighted by atomic mass is 15.0. The molecule has 1 heterocycles. The normalized spacial score (nSPS) is 11.7. The van der Waals surface area contributed by atoms with Crippen molar-refractivity contribution >= 4 is 43.4 Å². The molecule has 1 nitrogen and oxygen atoms in total. The number of hydrogen-bond donors (Lipinski definition) is 0. The molecule has 0 saturated heterocycles. The van der Waals surface area contributed by atoms with Gasteiger partial charge in [-0.15, -0.1) is 0 Å². The zero-order valence-electron chi connectivity index (χ0n) is 27.5. The van der Waals surface area contributed by atoms with E-state index in [-0.39, 0.29) is 0 Å². The first-order valence-electron chi connectivity index (χ1n) is 17.4. The van der Waals surface area contributed by atoms with Crippen LogP contribution in [0.2, 0.25) is 0 Å². The van der Waals surface area contributed by atoms with Crippen molar-refractivity contribution in [3.8, 4) is 27.9 Å². The van der Waals surface area contributed by atoms with Crippen LogP contribution in [0.4, 0.5) is 0 Å². The summed E-state index contributed by atoms with van der Waals surface area (Å²) in [6.45, 7) is 4.56. The van der Waals surface area contributed by atoms with Gasteiger partial charge in [0.25, 0.3) is 0 Å². The fraction of sp³-hybridized carbons (Fsp3) is 0.174. The molecule has 0 atom stereocenters. The van der Waals surface area contributed by atoms with Crippen molar-refractivity contribution in [1.29, 1.82) is 0 Å². The van der Waals surface area contributed by atoms with Gasteiger partial charge in [0.15, 0.2) is 0 Å². The quantitative estimate of drug-likeness (QED) is 0.144. The zero-order chi connectivity index (χ0) is 31.7. The van der Waals surface area contributed by atoms with E-state index in [4.69, 9.17) is 0 Å². The number of aryl methyl sites for hydroxylation is 2. The summed E-state index contributed by atoms with van der Waals surface area (Å²) in [5.41, 5.74) is 11.7. The highest BCUT2D eigenvalue weighted by Crippen LogP contribution is 2.45. The molecular weight excluding hydrogens is 567 g/mol. The van der Waals surface area contributed by atoms with Gasteiger partial charge in [-0.2, -0.15) is 0 Å². The van der Waals surface area contributed by atoms with Gasteiger partial charge < -0.3 is 4.57 Å². The topological polar surface area (TPSA) is 4.93 Å². The van der Waals surface area contributed by atoms with Crippen molar-refractivity contribution in [3.63, 3.8) is 0 Å². The molecule has 0 amide bonds. The second kappa shape index (κ2) is 12.6. The number of aromatic nitrogens is 1. The third kappa shape index (κ3) is 5.21. The van der Waals surface area contributed by atoms with Crippen LogP contribution in [0.15, 0.2) is 140 Å². The molecule has 1 heteroatoms. The van der Waals surface area contributed by atoms with Gasteiger partial charge >= 0.3 is 0 Å². The minimum atomic E-state index is 1.13. The highest BCUT2D eigenvalue weighted by molar-refractivity contribution is 6.22. The average Bonchev–Trinajstić information content (AvgIpc) is 3.45. The van der Waals surface area contributed by atoms with Crippen LogP contribution in [0.25, 0.3) is 71.3 Å². The molecule has 230 valence electrons. The smallest absolute Gasteiger partial charge is 0.0541 e. The van der Waals surface area contributed by atoms with E-state index in [1.165, 1.54) is 108 Å². The predicted octanol–water partition coefficient (Wildman–Crippen LogP) is 13.1. The van der Waals surface area contributed by atoms with Crippen molar-refractivity contribution in [3.05, 3.63) is 151 Å². The predicted molar refractivity (Wildman–Crippen MR) is 204 cm³/mol. The molecule has 1 aromatic heterocycles. The van der Waals surface area contributed by atoms with Crippen LogP contribution in [0.1, 0.15) is 50.7 Å². The van der Waals surface area contributed by atoms with Gasteiger partial charge in [-0.1, -0.05) is 130 Å². The van der Waals surface area contributed by atoms with E-state index in [9.17, 15) is 0 Å². The first kappa shape index (κ1) is 29.3. The molecule has 47 heavy (non-hydrogen) atoms. The van der Waals surface area contributed by atoms with Gasteiger partial charge in [-0.25, -0.2) is 0 Å². The van der Waals surface area contributed by atoms with Gasteiger partial charge in [0.05, 0.1) is 11.0 Å². The Morgan fingerprint density at radius 1 is 0.404 bits per heavy atom. The molecule has 0 aliphatic heterocycles. The number of unbranched alkanes of at least 4 members (excludes halogenated alkanes) is 2. The summed E-state index contributed by atoms with van der Waals surface area (Å²) < 4.78 is 2.50. The standard InChI is InChI=1S/C46H41N/c1-3-5-15-32-23-27-43-40(29-32)41-30-33(16-6-4-2)24-28-44(41)47(43)36-25-26-39-42(31-36)46(35-19-11-8-12-20-35)38-22-14-13-21-37(38)45(39)34-17-9-7-10-18-34/h7-14,17-31H,3-6,15-16H2,1-2H3. The molecule has 8 rings (SSSR count). The number of nitrogens with zero attached hydrogens (tertiary/aromatic N) is 1. The Morgan fingerprint density at radius 3 is 1.38 bits per heavy atom. The van der Waals surface area contributed by atoms with Crippen LogP contribution < -0.4 is 0 Å². The van der Waals surface area contributed by atoms with E-state index in [2.05, 4.69) is 158 Å². The van der Waals surface area contributed by atoms with Crippen molar-refractivity contribution < 1.29 is 0 Å². The van der Waals surface area contributed by atoms with Gasteiger partial charge in [-0.05, 0) is 117 Å². The summed E-state index contributed by atoms with van der Waals surface area (Å²) in [6.07, 6.45) is 7.11. The van der Waals surface area contributed by atoms with Gasteiger partial charge in [0.1, 0.15) is 0 Å². The van der Waals surface area contributed by atoms with E-state index in [1.54, 1.807) is 0 Å². The molecule has 0 unspecified atom stereocenters. The van der Waals surface area contributed by atoms with Crippen molar-refractivity contribution in [2.45, 2.75) is 52.4 Å². The minimum Gasteiger partial charge on any atom is -0.309 e. The summed E-state index contributed by atoms with van der Waals surface area (Å²) in [4.78, 5) is 0. The lowest BCUT2D eigenvalue weighted by Crippen LogP contribution is -1.97. The Morgan fingerprint density at radius 2 is 0.872 bits per heavy atom. The zero-order valence-corrected chi connectivity index (χ0v) is 27.5. The maximum atomic E-state index is 2.50. The Bertz CT molecular complexity index is 2290. The number of benzene rings is 7. The van der Waals surface area contributed by atoms with Crippen LogP contribution >= 0.6 is 0 Å². The second-order valence-corrected chi connectivity index (χ2v) is 13.0. The monoisotopic (exact) mass is 607 g/mol. The molecule has 0 spiro atoms. The molecule has 0 saturated carbocycles. The Kier molecular flexibility index (Phi) is 7.83. The first-order chi connectivity index (χ1) is 23.2. The Hall–Kier alpha value is -5.14. The molecule has 8 aromatic rings. The van der Waals surface area contributed by atoms with E-state index >= 15 is 0 Å². The lowest BCUT2D eigenvalue weighted by molar-refractivity contribution is 0.795. The van der Waals surface area contributed by atoms with Crippen LogP contribution in [-0.2, 0) is 12.8 Å². The molecule has 0 fully saturated rings. The molecule has 0 bridgehead atoms. The van der Waals surface area contributed by atoms with Gasteiger partial charge in [-0.3, -0.25) is 0 Å². The van der Waals surface area contributed by atoms with Gasteiger partial charge in [0, 0.05) is 16.5 Å². The maximum absolute atomic E-state index is 2.50. The van der Waals surface area contributed by atoms with Crippen molar-refractivity contribution in [2.75, 3.05) is 0 Å². The number of rotatable bonds is 9. The van der Waals surface area contributed by atoms with Gasteiger partial charge in [0.2, 0.25) is 0 Å². The molecule has 0 radical (unpaired) electrons. The summed E-state index contributed by atoms with van der Waals surface area (Å²) in [6, 6.07) is 52.3. The van der Waals surface area contributed by atoms with Crippen LogP contribution in [0.3, 0.4) is 0 Å².